The van der Waals surface area contributed by atoms with Crippen molar-refractivity contribution in [3.8, 4) is 6.07 Å². The van der Waals surface area contributed by atoms with Gasteiger partial charge in [0, 0.05) is 17.6 Å². The smallest absolute Gasteiger partial charge is 0.308 e. The lowest BCUT2D eigenvalue weighted by Gasteiger charge is -2.55. The number of anilines is 1. The molecule has 4 fully saturated rings. The minimum absolute atomic E-state index is 0.0219. The summed E-state index contributed by atoms with van der Waals surface area (Å²) in [7, 11) is 0. The topological polar surface area (TPSA) is 108 Å². The van der Waals surface area contributed by atoms with Crippen LogP contribution in [0, 0.1) is 34.5 Å². The summed E-state index contributed by atoms with van der Waals surface area (Å²) in [6.07, 6.45) is 6.79. The quantitative estimate of drug-likeness (QED) is 0.627. The normalized spacial score (nSPS) is 27.9. The SMILES string of the molecule is N#Cc1ccc(NC(=O)COC(=O)CCNC(=O)C23CC4CC(CC(C4)C2)C3)cc1Cl. The number of nitrogens with zero attached hydrogens (tertiary/aromatic N) is 1. The molecule has 0 heterocycles. The lowest BCUT2D eigenvalue weighted by Crippen LogP contribution is -2.53. The van der Waals surface area contributed by atoms with Gasteiger partial charge in [-0.15, -0.1) is 0 Å². The van der Waals surface area contributed by atoms with Crippen molar-refractivity contribution in [2.45, 2.75) is 44.9 Å². The van der Waals surface area contributed by atoms with Gasteiger partial charge in [0.15, 0.2) is 6.61 Å². The molecule has 7 nitrogen and oxygen atoms in total. The van der Waals surface area contributed by atoms with Gasteiger partial charge in [0.05, 0.1) is 17.0 Å². The molecule has 31 heavy (non-hydrogen) atoms. The van der Waals surface area contributed by atoms with E-state index in [1.807, 2.05) is 6.07 Å². The number of amides is 2. The maximum atomic E-state index is 12.9. The number of carbonyl (C=O) groups is 3. The molecule has 0 spiro atoms. The maximum Gasteiger partial charge on any atom is 0.308 e. The first-order chi connectivity index (χ1) is 14.9. The molecule has 0 unspecified atom stereocenters. The lowest BCUT2D eigenvalue weighted by molar-refractivity contribution is -0.148. The van der Waals surface area contributed by atoms with Crippen LogP contribution in [-0.2, 0) is 19.1 Å². The molecule has 0 atom stereocenters. The van der Waals surface area contributed by atoms with Gasteiger partial charge in [-0.2, -0.15) is 5.26 Å². The van der Waals surface area contributed by atoms with E-state index in [4.69, 9.17) is 21.6 Å². The molecule has 0 radical (unpaired) electrons. The van der Waals surface area contributed by atoms with Gasteiger partial charge in [-0.05, 0) is 74.5 Å². The summed E-state index contributed by atoms with van der Waals surface area (Å²) in [6.45, 7) is -0.217. The van der Waals surface area contributed by atoms with Crippen molar-refractivity contribution in [2.75, 3.05) is 18.5 Å². The van der Waals surface area contributed by atoms with Crippen LogP contribution in [0.2, 0.25) is 5.02 Å². The molecular formula is C23H26ClN3O4. The van der Waals surface area contributed by atoms with Crippen molar-refractivity contribution in [3.63, 3.8) is 0 Å². The van der Waals surface area contributed by atoms with Crippen LogP contribution in [0.3, 0.4) is 0 Å². The number of nitriles is 1. The van der Waals surface area contributed by atoms with E-state index in [9.17, 15) is 14.4 Å². The predicted molar refractivity (Wildman–Crippen MR) is 114 cm³/mol. The average molecular weight is 444 g/mol. The van der Waals surface area contributed by atoms with Crippen LogP contribution in [-0.4, -0.2) is 30.9 Å². The molecule has 0 aliphatic heterocycles. The third kappa shape index (κ3) is 4.85. The van der Waals surface area contributed by atoms with Crippen LogP contribution in [0.15, 0.2) is 18.2 Å². The highest BCUT2D eigenvalue weighted by molar-refractivity contribution is 6.32. The van der Waals surface area contributed by atoms with Crippen LogP contribution in [0.25, 0.3) is 0 Å². The first-order valence-electron chi connectivity index (χ1n) is 10.8. The standard InChI is InChI=1S/C23H26ClN3O4/c24-19-8-18(2-1-17(19)12-25)27-20(28)13-31-21(29)3-4-26-22(30)23-9-14-5-15(10-23)7-16(6-14)11-23/h1-2,8,14-16H,3-7,9-11,13H2,(H,26,30)(H,27,28). The Morgan fingerprint density at radius 1 is 1.13 bits per heavy atom. The molecule has 4 aliphatic carbocycles. The van der Waals surface area contributed by atoms with Crippen molar-refractivity contribution in [1.82, 2.24) is 5.32 Å². The third-order valence-corrected chi connectivity index (χ3v) is 7.18. The Balaban J connectivity index is 1.17. The minimum atomic E-state index is -0.543. The van der Waals surface area contributed by atoms with Gasteiger partial charge < -0.3 is 15.4 Å². The fourth-order valence-corrected chi connectivity index (χ4v) is 6.18. The van der Waals surface area contributed by atoms with Crippen LogP contribution >= 0.6 is 11.6 Å². The number of nitrogens with one attached hydrogen (secondary N) is 2. The summed E-state index contributed by atoms with van der Waals surface area (Å²) < 4.78 is 4.99. The van der Waals surface area contributed by atoms with E-state index in [0.29, 0.717) is 29.0 Å². The van der Waals surface area contributed by atoms with Crippen molar-refractivity contribution in [1.29, 1.82) is 5.26 Å². The third-order valence-electron chi connectivity index (χ3n) is 6.87. The van der Waals surface area contributed by atoms with Crippen molar-refractivity contribution >= 4 is 35.1 Å². The van der Waals surface area contributed by atoms with Crippen molar-refractivity contribution in [3.05, 3.63) is 28.8 Å². The molecule has 1 aromatic carbocycles. The molecule has 164 valence electrons. The van der Waals surface area contributed by atoms with E-state index in [-0.39, 0.29) is 29.3 Å². The Bertz CT molecular complexity index is 904. The Morgan fingerprint density at radius 3 is 2.35 bits per heavy atom. The van der Waals surface area contributed by atoms with Gasteiger partial charge in [0.2, 0.25) is 5.91 Å². The van der Waals surface area contributed by atoms with Gasteiger partial charge in [-0.1, -0.05) is 11.6 Å². The molecule has 5 rings (SSSR count). The molecule has 1 aromatic rings. The van der Waals surface area contributed by atoms with Crippen LogP contribution < -0.4 is 10.6 Å². The highest BCUT2D eigenvalue weighted by Crippen LogP contribution is 2.60. The highest BCUT2D eigenvalue weighted by atomic mass is 35.5. The largest absolute Gasteiger partial charge is 0.456 e. The van der Waals surface area contributed by atoms with Crippen LogP contribution in [0.1, 0.15) is 50.5 Å². The summed E-state index contributed by atoms with van der Waals surface area (Å²) >= 11 is 5.93. The maximum absolute atomic E-state index is 12.9. The van der Waals surface area contributed by atoms with E-state index in [1.54, 1.807) is 6.07 Å². The van der Waals surface area contributed by atoms with Crippen molar-refractivity contribution < 1.29 is 19.1 Å². The number of hydrogen-bond donors (Lipinski definition) is 2. The number of esters is 1. The molecule has 8 heteroatoms. The van der Waals surface area contributed by atoms with E-state index < -0.39 is 18.5 Å². The molecule has 0 saturated heterocycles. The lowest BCUT2D eigenvalue weighted by atomic mass is 9.49. The van der Waals surface area contributed by atoms with E-state index >= 15 is 0 Å². The molecule has 0 aromatic heterocycles. The highest BCUT2D eigenvalue weighted by Gasteiger charge is 2.54. The molecule has 4 aliphatic rings. The second-order valence-electron chi connectivity index (χ2n) is 9.22. The van der Waals surface area contributed by atoms with Crippen molar-refractivity contribution in [2.24, 2.45) is 23.2 Å². The number of ether oxygens (including phenoxy) is 1. The average Bonchev–Trinajstić information content (AvgIpc) is 2.71. The Labute approximate surface area is 186 Å². The Morgan fingerprint density at radius 2 is 1.77 bits per heavy atom. The molecule has 4 bridgehead atoms. The first kappa shape index (κ1) is 21.6. The second kappa shape index (κ2) is 8.88. The van der Waals surface area contributed by atoms with E-state index in [0.717, 1.165) is 19.3 Å². The van der Waals surface area contributed by atoms with Gasteiger partial charge in [-0.25, -0.2) is 0 Å². The predicted octanol–water partition coefficient (Wildman–Crippen LogP) is 3.42. The number of carbonyl (C=O) groups excluding carboxylic acids is 3. The fourth-order valence-electron chi connectivity index (χ4n) is 5.95. The summed E-state index contributed by atoms with van der Waals surface area (Å²) in [5, 5.41) is 14.6. The second-order valence-corrected chi connectivity index (χ2v) is 9.63. The minimum Gasteiger partial charge on any atom is -0.456 e. The van der Waals surface area contributed by atoms with Crippen LogP contribution in [0.5, 0.6) is 0 Å². The molecular weight excluding hydrogens is 418 g/mol. The van der Waals surface area contributed by atoms with Gasteiger partial charge in [0.1, 0.15) is 6.07 Å². The fraction of sp³-hybridized carbons (Fsp3) is 0.565. The summed E-state index contributed by atoms with van der Waals surface area (Å²) in [6, 6.07) is 6.44. The summed E-state index contributed by atoms with van der Waals surface area (Å²) in [5.74, 6) is 1.09. The molecule has 4 saturated carbocycles. The zero-order valence-corrected chi connectivity index (χ0v) is 18.0. The summed E-state index contributed by atoms with van der Waals surface area (Å²) in [5.41, 5.74) is 0.482. The Kier molecular flexibility index (Phi) is 6.19. The van der Waals surface area contributed by atoms with Crippen LogP contribution in [0.4, 0.5) is 5.69 Å². The molecule has 2 N–H and O–H groups in total. The van der Waals surface area contributed by atoms with Gasteiger partial charge in [0.25, 0.3) is 5.91 Å². The van der Waals surface area contributed by atoms with Gasteiger partial charge >= 0.3 is 5.97 Å². The van der Waals surface area contributed by atoms with E-state index in [1.165, 1.54) is 31.4 Å². The monoisotopic (exact) mass is 443 g/mol. The van der Waals surface area contributed by atoms with Gasteiger partial charge in [-0.3, -0.25) is 14.4 Å². The zero-order valence-electron chi connectivity index (χ0n) is 17.3. The summed E-state index contributed by atoms with van der Waals surface area (Å²) in [4.78, 5) is 36.8. The Hall–Kier alpha value is -2.59. The zero-order chi connectivity index (χ0) is 22.0. The number of hydrogen-bond acceptors (Lipinski definition) is 5. The number of halogens is 1. The number of rotatable bonds is 7. The van der Waals surface area contributed by atoms with E-state index in [2.05, 4.69) is 10.6 Å². The first-order valence-corrected chi connectivity index (χ1v) is 11.2. The number of benzene rings is 1. The molecule has 2 amide bonds.